The van der Waals surface area contributed by atoms with Gasteiger partial charge in [-0.1, -0.05) is 13.8 Å². The topological polar surface area (TPSA) is 68.2 Å². The summed E-state index contributed by atoms with van der Waals surface area (Å²) in [5.41, 5.74) is 4.60. The molecule has 0 spiro atoms. The Morgan fingerprint density at radius 3 is 2.80 bits per heavy atom. The molecule has 1 heterocycles. The molecule has 5 heteroatoms. The molecule has 0 aliphatic rings. The maximum atomic E-state index is 5.44. The predicted molar refractivity (Wildman–Crippen MR) is 61.6 cm³/mol. The summed E-state index contributed by atoms with van der Waals surface area (Å²) in [5.74, 6) is 6.14. The highest BCUT2D eigenvalue weighted by Gasteiger charge is 2.08. The van der Waals surface area contributed by atoms with Gasteiger partial charge >= 0.3 is 0 Å². The molecule has 5 nitrogen and oxygen atoms in total. The Kier molecular flexibility index (Phi) is 4.30. The molecule has 0 aromatic carbocycles. The number of aliphatic imine (C=N–C) groups is 1. The van der Waals surface area contributed by atoms with E-state index in [1.165, 1.54) is 0 Å². The van der Waals surface area contributed by atoms with Crippen molar-refractivity contribution in [1.82, 2.24) is 15.2 Å². The van der Waals surface area contributed by atoms with Crippen LogP contribution in [0.2, 0.25) is 0 Å². The molecule has 0 aliphatic heterocycles. The van der Waals surface area contributed by atoms with Crippen LogP contribution in [0, 0.1) is 0 Å². The lowest BCUT2D eigenvalue weighted by atomic mass is 10.3. The molecule has 84 valence electrons. The van der Waals surface area contributed by atoms with E-state index >= 15 is 0 Å². The predicted octanol–water partition coefficient (Wildman–Crippen LogP) is 0.602. The average molecular weight is 209 g/mol. The molecular weight excluding hydrogens is 190 g/mol. The van der Waals surface area contributed by atoms with Crippen molar-refractivity contribution < 1.29 is 0 Å². The summed E-state index contributed by atoms with van der Waals surface area (Å²) in [7, 11) is 1.90. The van der Waals surface area contributed by atoms with Crippen molar-refractivity contribution in [2.24, 2.45) is 17.9 Å². The van der Waals surface area contributed by atoms with E-state index in [2.05, 4.69) is 29.4 Å². The lowest BCUT2D eigenvalue weighted by Gasteiger charge is -2.04. The van der Waals surface area contributed by atoms with Gasteiger partial charge in [0.2, 0.25) is 0 Å². The number of nitrogens with zero attached hydrogens (tertiary/aromatic N) is 3. The number of rotatable bonds is 4. The van der Waals surface area contributed by atoms with E-state index in [0.29, 0.717) is 5.84 Å². The number of hydrogen-bond acceptors (Lipinski definition) is 3. The second-order valence-electron chi connectivity index (χ2n) is 3.37. The number of aryl methyl sites for hydroxylation is 2. The fourth-order valence-corrected chi connectivity index (χ4v) is 1.35. The number of amidine groups is 1. The summed E-state index contributed by atoms with van der Waals surface area (Å²) in [4.78, 5) is 4.36. The van der Waals surface area contributed by atoms with Gasteiger partial charge in [0, 0.05) is 13.6 Å². The Hall–Kier alpha value is -1.36. The smallest absolute Gasteiger partial charge is 0.161 e. The van der Waals surface area contributed by atoms with Gasteiger partial charge in [-0.3, -0.25) is 9.67 Å². The molecule has 1 rings (SSSR count). The highest BCUT2D eigenvalue weighted by atomic mass is 15.3. The van der Waals surface area contributed by atoms with E-state index in [9.17, 15) is 0 Å². The molecule has 0 saturated heterocycles. The van der Waals surface area contributed by atoms with Crippen LogP contribution in [0.5, 0.6) is 0 Å². The van der Waals surface area contributed by atoms with Crippen LogP contribution in [0.25, 0.3) is 0 Å². The first-order valence-corrected chi connectivity index (χ1v) is 5.27. The van der Waals surface area contributed by atoms with Crippen LogP contribution in [-0.2, 0) is 13.5 Å². The monoisotopic (exact) mass is 209 g/mol. The van der Waals surface area contributed by atoms with Crippen LogP contribution in [0.15, 0.2) is 11.1 Å². The minimum atomic E-state index is 0.701. The average Bonchev–Trinajstić information content (AvgIpc) is 2.61. The number of hydrogen-bond donors (Lipinski definition) is 2. The molecule has 0 fully saturated rings. The molecule has 0 atom stereocenters. The zero-order valence-electron chi connectivity index (χ0n) is 9.62. The highest BCUT2D eigenvalue weighted by Crippen LogP contribution is 2.04. The van der Waals surface area contributed by atoms with Gasteiger partial charge < -0.3 is 5.43 Å². The fraction of sp³-hybridized carbons (Fsp3) is 0.600. The zero-order valence-corrected chi connectivity index (χ0v) is 9.62. The van der Waals surface area contributed by atoms with Crippen molar-refractivity contribution in [2.45, 2.75) is 26.7 Å². The summed E-state index contributed by atoms with van der Waals surface area (Å²) < 4.78 is 1.80. The minimum Gasteiger partial charge on any atom is -0.307 e. The second-order valence-corrected chi connectivity index (χ2v) is 3.37. The van der Waals surface area contributed by atoms with Crippen molar-refractivity contribution >= 4 is 5.84 Å². The van der Waals surface area contributed by atoms with Gasteiger partial charge in [0.1, 0.15) is 5.69 Å². The molecule has 0 saturated carbocycles. The van der Waals surface area contributed by atoms with E-state index in [1.54, 1.807) is 4.68 Å². The zero-order chi connectivity index (χ0) is 11.3. The van der Waals surface area contributed by atoms with Gasteiger partial charge in [0.05, 0.1) is 5.69 Å². The molecule has 0 aliphatic carbocycles. The third-order valence-corrected chi connectivity index (χ3v) is 2.17. The van der Waals surface area contributed by atoms with Gasteiger partial charge in [0.25, 0.3) is 0 Å². The van der Waals surface area contributed by atoms with Crippen LogP contribution in [0.1, 0.15) is 31.7 Å². The fourth-order valence-electron chi connectivity index (χ4n) is 1.35. The summed E-state index contributed by atoms with van der Waals surface area (Å²) in [6.45, 7) is 4.93. The molecule has 0 radical (unpaired) electrons. The van der Waals surface area contributed by atoms with Crippen molar-refractivity contribution in [3.8, 4) is 0 Å². The summed E-state index contributed by atoms with van der Waals surface area (Å²) in [6.07, 6.45) is 1.92. The number of hydrazine groups is 1. The molecule has 15 heavy (non-hydrogen) atoms. The third-order valence-electron chi connectivity index (χ3n) is 2.17. The molecule has 0 unspecified atom stereocenters. The summed E-state index contributed by atoms with van der Waals surface area (Å²) in [5, 5.41) is 4.35. The van der Waals surface area contributed by atoms with Gasteiger partial charge in [-0.2, -0.15) is 5.10 Å². The first-order chi connectivity index (χ1) is 7.22. The SMILES string of the molecule is CCCN=C(NN)c1cc(CC)nn1C. The molecule has 3 N–H and O–H groups in total. The minimum absolute atomic E-state index is 0.701. The van der Waals surface area contributed by atoms with Crippen molar-refractivity contribution in [2.75, 3.05) is 6.54 Å². The van der Waals surface area contributed by atoms with E-state index < -0.39 is 0 Å². The summed E-state index contributed by atoms with van der Waals surface area (Å²) in [6, 6.07) is 2.01. The normalized spacial score (nSPS) is 11.9. The van der Waals surface area contributed by atoms with E-state index in [-0.39, 0.29) is 0 Å². The lowest BCUT2D eigenvalue weighted by Crippen LogP contribution is -2.32. The molecule has 1 aromatic rings. The van der Waals surface area contributed by atoms with E-state index in [0.717, 1.165) is 30.8 Å². The van der Waals surface area contributed by atoms with E-state index in [4.69, 9.17) is 5.84 Å². The van der Waals surface area contributed by atoms with Crippen LogP contribution < -0.4 is 11.3 Å². The van der Waals surface area contributed by atoms with Crippen LogP contribution in [0.4, 0.5) is 0 Å². The quantitative estimate of drug-likeness (QED) is 0.330. The van der Waals surface area contributed by atoms with E-state index in [1.807, 2.05) is 13.1 Å². The second kappa shape index (κ2) is 5.50. The Morgan fingerprint density at radius 1 is 1.60 bits per heavy atom. The Bertz CT molecular complexity index is 340. The van der Waals surface area contributed by atoms with Crippen LogP contribution in [0.3, 0.4) is 0 Å². The van der Waals surface area contributed by atoms with Gasteiger partial charge in [-0.25, -0.2) is 5.84 Å². The Balaban J connectivity index is 2.95. The van der Waals surface area contributed by atoms with Crippen molar-refractivity contribution in [3.63, 3.8) is 0 Å². The van der Waals surface area contributed by atoms with Crippen molar-refractivity contribution in [3.05, 3.63) is 17.5 Å². The molecular formula is C10H19N5. The Labute approximate surface area is 90.3 Å². The maximum absolute atomic E-state index is 5.44. The lowest BCUT2D eigenvalue weighted by molar-refractivity contribution is 0.733. The van der Waals surface area contributed by atoms with Crippen molar-refractivity contribution in [1.29, 1.82) is 0 Å². The molecule has 1 aromatic heterocycles. The van der Waals surface area contributed by atoms with Gasteiger partial charge in [-0.15, -0.1) is 0 Å². The third kappa shape index (κ3) is 2.79. The molecule has 0 amide bonds. The largest absolute Gasteiger partial charge is 0.307 e. The van der Waals surface area contributed by atoms with Gasteiger partial charge in [-0.05, 0) is 18.9 Å². The molecule has 0 bridgehead atoms. The van der Waals surface area contributed by atoms with Crippen LogP contribution in [-0.4, -0.2) is 22.2 Å². The first-order valence-electron chi connectivity index (χ1n) is 5.27. The highest BCUT2D eigenvalue weighted by molar-refractivity contribution is 5.96. The standard InChI is InChI=1S/C10H19N5/c1-4-6-12-10(13-11)9-7-8(5-2)14-15(9)3/h7H,4-6,11H2,1-3H3,(H,12,13). The van der Waals surface area contributed by atoms with Crippen LogP contribution >= 0.6 is 0 Å². The first kappa shape index (κ1) is 11.7. The summed E-state index contributed by atoms with van der Waals surface area (Å²) >= 11 is 0. The number of aromatic nitrogens is 2. The number of nitrogens with one attached hydrogen (secondary N) is 1. The van der Waals surface area contributed by atoms with Gasteiger partial charge in [0.15, 0.2) is 5.84 Å². The number of nitrogens with two attached hydrogens (primary N) is 1. The maximum Gasteiger partial charge on any atom is 0.161 e. The Morgan fingerprint density at radius 2 is 2.33 bits per heavy atom.